The molecule has 0 atom stereocenters. The summed E-state index contributed by atoms with van der Waals surface area (Å²) in [5.74, 6) is -0.166. The number of amides is 1. The zero-order chi connectivity index (χ0) is 17.7. The van der Waals surface area contributed by atoms with Crippen molar-refractivity contribution in [1.82, 2.24) is 0 Å². The maximum absolute atomic E-state index is 12.9. The fourth-order valence-electron chi connectivity index (χ4n) is 3.61. The Morgan fingerprint density at radius 3 is 2.27 bits per heavy atom. The van der Waals surface area contributed by atoms with Gasteiger partial charge in [0.25, 0.3) is 0 Å². The molecule has 0 N–H and O–H groups in total. The van der Waals surface area contributed by atoms with Gasteiger partial charge in [-0.1, -0.05) is 72.4 Å². The predicted octanol–water partition coefficient (Wildman–Crippen LogP) is 6.36. The van der Waals surface area contributed by atoms with Crippen LogP contribution in [0.15, 0.2) is 82.6 Å². The highest BCUT2D eigenvalue weighted by Crippen LogP contribution is 2.53. The van der Waals surface area contributed by atoms with Gasteiger partial charge in [-0.2, -0.15) is 0 Å². The topological polar surface area (TPSA) is 20.3 Å². The van der Waals surface area contributed by atoms with Gasteiger partial charge >= 0.3 is 0 Å². The minimum absolute atomic E-state index is 0.0560. The zero-order valence-electron chi connectivity index (χ0n) is 13.8. The van der Waals surface area contributed by atoms with Gasteiger partial charge in [-0.25, -0.2) is 0 Å². The number of nitrogens with zero attached hydrogens (tertiary/aromatic N) is 1. The fraction of sp³-hybridized carbons (Fsp3) is 0.0455. The highest BCUT2D eigenvalue weighted by Gasteiger charge is 2.30. The molecule has 4 aromatic rings. The number of carbonyl (C=O) groups is 1. The SMILES string of the molecule is O=C(CCl)N1c2ccc3ccccc3c2Sc2ccc3ccccc3c21. The fourth-order valence-corrected chi connectivity index (χ4v) is 4.95. The smallest absolute Gasteiger partial charge is 0.246 e. The molecule has 1 amide bonds. The predicted molar refractivity (Wildman–Crippen MR) is 110 cm³/mol. The van der Waals surface area contributed by atoms with Crippen molar-refractivity contribution in [3.8, 4) is 0 Å². The monoisotopic (exact) mass is 375 g/mol. The van der Waals surface area contributed by atoms with E-state index in [1.165, 1.54) is 5.39 Å². The largest absolute Gasteiger partial charge is 0.277 e. The summed E-state index contributed by atoms with van der Waals surface area (Å²) in [4.78, 5) is 16.8. The Morgan fingerprint density at radius 2 is 1.50 bits per heavy atom. The maximum Gasteiger partial charge on any atom is 0.246 e. The Balaban J connectivity index is 1.87. The third-order valence-electron chi connectivity index (χ3n) is 4.76. The first-order valence-corrected chi connectivity index (χ1v) is 9.73. The standard InChI is InChI=1S/C22H14ClNOS/c23-13-20(25)24-18-11-9-15-6-2-4-8-17(15)22(18)26-19-12-10-14-5-1-3-7-16(14)21(19)24/h1-12H,13H2. The van der Waals surface area contributed by atoms with Crippen LogP contribution < -0.4 is 4.90 Å². The van der Waals surface area contributed by atoms with E-state index < -0.39 is 0 Å². The van der Waals surface area contributed by atoms with Crippen LogP contribution in [0, 0.1) is 0 Å². The minimum atomic E-state index is -0.110. The lowest BCUT2D eigenvalue weighted by Crippen LogP contribution is -2.29. The second-order valence-electron chi connectivity index (χ2n) is 6.23. The molecule has 0 unspecified atom stereocenters. The summed E-state index contributed by atoms with van der Waals surface area (Å²) in [5.41, 5.74) is 1.84. The summed E-state index contributed by atoms with van der Waals surface area (Å²) < 4.78 is 0. The van der Waals surface area contributed by atoms with E-state index in [1.807, 2.05) is 30.3 Å². The number of hydrogen-bond donors (Lipinski definition) is 0. The molecule has 0 aromatic heterocycles. The molecule has 2 nitrogen and oxygen atoms in total. The Morgan fingerprint density at radius 1 is 0.846 bits per heavy atom. The molecule has 0 bridgehead atoms. The lowest BCUT2D eigenvalue weighted by atomic mass is 10.0. The highest BCUT2D eigenvalue weighted by atomic mass is 35.5. The first-order chi connectivity index (χ1) is 12.8. The third kappa shape index (κ3) is 2.24. The summed E-state index contributed by atoms with van der Waals surface area (Å²) in [6.45, 7) is 0. The first kappa shape index (κ1) is 15.7. The second-order valence-corrected chi connectivity index (χ2v) is 7.55. The zero-order valence-corrected chi connectivity index (χ0v) is 15.3. The molecule has 0 fully saturated rings. The normalized spacial score (nSPS) is 12.9. The van der Waals surface area contributed by atoms with E-state index in [-0.39, 0.29) is 11.8 Å². The molecule has 4 aromatic carbocycles. The molecule has 1 aliphatic heterocycles. The summed E-state index contributed by atoms with van der Waals surface area (Å²) in [6.07, 6.45) is 0. The molecule has 4 heteroatoms. The number of anilines is 2. The van der Waals surface area contributed by atoms with Gasteiger partial charge < -0.3 is 0 Å². The van der Waals surface area contributed by atoms with E-state index >= 15 is 0 Å². The summed E-state index contributed by atoms with van der Waals surface area (Å²) in [5, 5.41) is 4.50. The molecule has 0 saturated carbocycles. The van der Waals surface area contributed by atoms with E-state index in [4.69, 9.17) is 11.6 Å². The van der Waals surface area contributed by atoms with Gasteiger partial charge in [0.05, 0.1) is 11.4 Å². The Labute approximate surface area is 160 Å². The van der Waals surface area contributed by atoms with Crippen molar-refractivity contribution >= 4 is 62.2 Å². The number of benzene rings is 4. The van der Waals surface area contributed by atoms with Gasteiger partial charge in [0.2, 0.25) is 5.91 Å². The van der Waals surface area contributed by atoms with Crippen molar-refractivity contribution < 1.29 is 4.79 Å². The highest BCUT2D eigenvalue weighted by molar-refractivity contribution is 8.00. The summed E-state index contributed by atoms with van der Waals surface area (Å²) >= 11 is 7.71. The average Bonchev–Trinajstić information content (AvgIpc) is 2.71. The van der Waals surface area contributed by atoms with Crippen LogP contribution in [0.5, 0.6) is 0 Å². The maximum atomic E-state index is 12.9. The van der Waals surface area contributed by atoms with Gasteiger partial charge in [0.1, 0.15) is 5.88 Å². The van der Waals surface area contributed by atoms with Gasteiger partial charge in [-0.05, 0) is 28.3 Å². The van der Waals surface area contributed by atoms with Crippen LogP contribution in [0.2, 0.25) is 0 Å². The average molecular weight is 376 g/mol. The van der Waals surface area contributed by atoms with Crippen LogP contribution >= 0.6 is 23.4 Å². The molecule has 26 heavy (non-hydrogen) atoms. The van der Waals surface area contributed by atoms with Crippen LogP contribution in [0.25, 0.3) is 21.5 Å². The molecular formula is C22H14ClNOS. The van der Waals surface area contributed by atoms with E-state index in [0.29, 0.717) is 0 Å². The third-order valence-corrected chi connectivity index (χ3v) is 6.17. The molecule has 1 heterocycles. The number of hydrogen-bond acceptors (Lipinski definition) is 2. The molecule has 0 spiro atoms. The number of fused-ring (bicyclic) bond motifs is 6. The van der Waals surface area contributed by atoms with Gasteiger partial charge in [0.15, 0.2) is 0 Å². The number of alkyl halides is 1. The molecule has 5 rings (SSSR count). The number of carbonyl (C=O) groups excluding carboxylic acids is 1. The van der Waals surface area contributed by atoms with Crippen LogP contribution in [-0.2, 0) is 4.79 Å². The minimum Gasteiger partial charge on any atom is -0.277 e. The van der Waals surface area contributed by atoms with Crippen LogP contribution in [0.4, 0.5) is 11.4 Å². The Bertz CT molecular complexity index is 1190. The van der Waals surface area contributed by atoms with E-state index in [9.17, 15) is 4.79 Å². The van der Waals surface area contributed by atoms with E-state index in [2.05, 4.69) is 42.5 Å². The summed E-state index contributed by atoms with van der Waals surface area (Å²) in [7, 11) is 0. The molecule has 1 aliphatic rings. The Hall–Kier alpha value is -2.49. The quantitative estimate of drug-likeness (QED) is 0.361. The lowest BCUT2D eigenvalue weighted by Gasteiger charge is -2.32. The van der Waals surface area contributed by atoms with Crippen molar-refractivity contribution in [3.63, 3.8) is 0 Å². The van der Waals surface area contributed by atoms with Crippen molar-refractivity contribution in [2.24, 2.45) is 0 Å². The van der Waals surface area contributed by atoms with Crippen LogP contribution in [0.3, 0.4) is 0 Å². The van der Waals surface area contributed by atoms with Crippen molar-refractivity contribution in [1.29, 1.82) is 0 Å². The second kappa shape index (κ2) is 6.04. The Kier molecular flexibility index (Phi) is 3.66. The van der Waals surface area contributed by atoms with Gasteiger partial charge in [0, 0.05) is 15.2 Å². The molecule has 0 aliphatic carbocycles. The molecule has 0 radical (unpaired) electrons. The summed E-state index contributed by atoms with van der Waals surface area (Å²) in [6, 6.07) is 24.7. The number of rotatable bonds is 1. The molecule has 126 valence electrons. The first-order valence-electron chi connectivity index (χ1n) is 8.38. The van der Waals surface area contributed by atoms with Crippen LogP contribution in [0.1, 0.15) is 0 Å². The van der Waals surface area contributed by atoms with Crippen molar-refractivity contribution in [3.05, 3.63) is 72.8 Å². The van der Waals surface area contributed by atoms with E-state index in [0.717, 1.165) is 37.3 Å². The molecule has 0 saturated heterocycles. The lowest BCUT2D eigenvalue weighted by molar-refractivity contribution is -0.115. The van der Waals surface area contributed by atoms with Gasteiger partial charge in [-0.3, -0.25) is 9.69 Å². The molecular weight excluding hydrogens is 362 g/mol. The van der Waals surface area contributed by atoms with Crippen LogP contribution in [-0.4, -0.2) is 11.8 Å². The van der Waals surface area contributed by atoms with Crippen molar-refractivity contribution in [2.45, 2.75) is 9.79 Å². The number of halogens is 1. The van der Waals surface area contributed by atoms with E-state index in [1.54, 1.807) is 16.7 Å². The van der Waals surface area contributed by atoms with Gasteiger partial charge in [-0.15, -0.1) is 11.6 Å². The van der Waals surface area contributed by atoms with Crippen molar-refractivity contribution in [2.75, 3.05) is 10.8 Å².